The van der Waals surface area contributed by atoms with Crippen LogP contribution in [0.2, 0.25) is 5.28 Å². The van der Waals surface area contributed by atoms with Crippen LogP contribution in [-0.4, -0.2) is 22.2 Å². The molecule has 15 heavy (non-hydrogen) atoms. The number of hydrogen-bond donors (Lipinski definition) is 1. The van der Waals surface area contributed by atoms with Gasteiger partial charge in [0.2, 0.25) is 5.28 Å². The van der Waals surface area contributed by atoms with E-state index in [1.165, 1.54) is 6.20 Å². The molecule has 84 valence electrons. The molecule has 0 spiro atoms. The van der Waals surface area contributed by atoms with Crippen LogP contribution in [0.1, 0.15) is 6.92 Å². The molecule has 0 radical (unpaired) electrons. The van der Waals surface area contributed by atoms with Gasteiger partial charge in [0.25, 0.3) is 0 Å². The van der Waals surface area contributed by atoms with Gasteiger partial charge in [-0.3, -0.25) is 0 Å². The van der Waals surface area contributed by atoms with Gasteiger partial charge in [-0.1, -0.05) is 0 Å². The Balaban J connectivity index is 2.85. The van der Waals surface area contributed by atoms with Crippen molar-refractivity contribution < 1.29 is 13.2 Å². The van der Waals surface area contributed by atoms with E-state index in [0.29, 0.717) is 4.47 Å². The SMILES string of the molecule is CC(Nc1nc(Cl)ncc1Br)C(F)(F)F. The lowest BCUT2D eigenvalue weighted by atomic mass is 10.3. The quantitative estimate of drug-likeness (QED) is 0.852. The minimum Gasteiger partial charge on any atom is -0.358 e. The summed E-state index contributed by atoms with van der Waals surface area (Å²) in [6.45, 7) is 0.989. The zero-order chi connectivity index (χ0) is 11.6. The monoisotopic (exact) mass is 303 g/mol. The van der Waals surface area contributed by atoms with Crippen molar-refractivity contribution in [3.05, 3.63) is 16.0 Å². The zero-order valence-corrected chi connectivity index (χ0v) is 9.78. The first-order valence-electron chi connectivity index (χ1n) is 3.82. The molecule has 1 unspecified atom stereocenters. The Morgan fingerprint density at radius 2 is 2.13 bits per heavy atom. The van der Waals surface area contributed by atoms with Crippen molar-refractivity contribution in [1.82, 2.24) is 9.97 Å². The molecule has 1 aromatic rings. The third-order valence-electron chi connectivity index (χ3n) is 1.56. The summed E-state index contributed by atoms with van der Waals surface area (Å²) >= 11 is 8.46. The van der Waals surface area contributed by atoms with E-state index in [1.54, 1.807) is 0 Å². The van der Waals surface area contributed by atoms with Crippen LogP contribution >= 0.6 is 27.5 Å². The van der Waals surface area contributed by atoms with Gasteiger partial charge >= 0.3 is 6.18 Å². The second-order valence-corrected chi connectivity index (χ2v) is 3.94. The number of anilines is 1. The standard InChI is InChI=1S/C7H6BrClF3N3/c1-3(7(10,11)12)14-5-4(8)2-13-6(9)15-5/h2-3H,1H3,(H,13,14,15). The highest BCUT2D eigenvalue weighted by Crippen LogP contribution is 2.26. The molecule has 3 nitrogen and oxygen atoms in total. The normalized spacial score (nSPS) is 13.7. The highest BCUT2D eigenvalue weighted by molar-refractivity contribution is 9.10. The third kappa shape index (κ3) is 3.49. The molecule has 1 aromatic heterocycles. The maximum atomic E-state index is 12.2. The number of hydrogen-bond acceptors (Lipinski definition) is 3. The van der Waals surface area contributed by atoms with E-state index >= 15 is 0 Å². The molecule has 0 amide bonds. The predicted molar refractivity (Wildman–Crippen MR) is 53.9 cm³/mol. The lowest BCUT2D eigenvalue weighted by Gasteiger charge is -2.18. The molecule has 0 aromatic carbocycles. The molecule has 0 aliphatic heterocycles. The minimum absolute atomic E-state index is 0.0137. The number of nitrogens with zero attached hydrogens (tertiary/aromatic N) is 2. The molecule has 0 aliphatic carbocycles. The van der Waals surface area contributed by atoms with Crippen molar-refractivity contribution in [2.75, 3.05) is 5.32 Å². The summed E-state index contributed by atoms with van der Waals surface area (Å²) in [5.74, 6) is 0.0137. The van der Waals surface area contributed by atoms with Gasteiger partial charge in [-0.15, -0.1) is 0 Å². The molecule has 0 saturated heterocycles. The van der Waals surface area contributed by atoms with Gasteiger partial charge in [0.1, 0.15) is 11.9 Å². The van der Waals surface area contributed by atoms with Crippen LogP contribution in [-0.2, 0) is 0 Å². The second-order valence-electron chi connectivity index (χ2n) is 2.74. The Bertz CT molecular complexity index is 358. The van der Waals surface area contributed by atoms with E-state index in [4.69, 9.17) is 11.6 Å². The molecule has 1 heterocycles. The van der Waals surface area contributed by atoms with Crippen LogP contribution < -0.4 is 5.32 Å². The Kier molecular flexibility index (Phi) is 3.77. The fraction of sp³-hybridized carbons (Fsp3) is 0.429. The summed E-state index contributed by atoms with van der Waals surface area (Å²) in [4.78, 5) is 7.22. The lowest BCUT2D eigenvalue weighted by molar-refractivity contribution is -0.138. The van der Waals surface area contributed by atoms with Crippen molar-refractivity contribution in [3.8, 4) is 0 Å². The van der Waals surface area contributed by atoms with E-state index in [9.17, 15) is 13.2 Å². The van der Waals surface area contributed by atoms with Crippen molar-refractivity contribution in [1.29, 1.82) is 0 Å². The summed E-state index contributed by atoms with van der Waals surface area (Å²) < 4.78 is 37.0. The molecule has 1 N–H and O–H groups in total. The second kappa shape index (κ2) is 4.52. The fourth-order valence-corrected chi connectivity index (χ4v) is 1.17. The summed E-state index contributed by atoms with van der Waals surface area (Å²) in [5, 5.41) is 2.07. The molecule has 0 saturated carbocycles. The number of aromatic nitrogens is 2. The Labute approximate surface area is 97.2 Å². The van der Waals surface area contributed by atoms with Gasteiger partial charge in [0, 0.05) is 6.20 Å². The van der Waals surface area contributed by atoms with E-state index in [2.05, 4.69) is 31.2 Å². The Morgan fingerprint density at radius 1 is 1.53 bits per heavy atom. The maximum absolute atomic E-state index is 12.2. The summed E-state index contributed by atoms with van der Waals surface area (Å²) in [5.41, 5.74) is 0. The van der Waals surface area contributed by atoms with Gasteiger partial charge in [-0.05, 0) is 34.5 Å². The van der Waals surface area contributed by atoms with Crippen molar-refractivity contribution >= 4 is 33.3 Å². The highest BCUT2D eigenvalue weighted by atomic mass is 79.9. The number of alkyl halides is 3. The van der Waals surface area contributed by atoms with Gasteiger partial charge in [0.05, 0.1) is 4.47 Å². The van der Waals surface area contributed by atoms with Gasteiger partial charge in [0.15, 0.2) is 0 Å². The fourth-order valence-electron chi connectivity index (χ4n) is 0.734. The van der Waals surface area contributed by atoms with Crippen molar-refractivity contribution in [2.45, 2.75) is 19.1 Å². The number of nitrogens with one attached hydrogen (secondary N) is 1. The molecular formula is C7H6BrClF3N3. The lowest BCUT2D eigenvalue weighted by Crippen LogP contribution is -2.33. The van der Waals surface area contributed by atoms with Crippen LogP contribution in [0.5, 0.6) is 0 Å². The third-order valence-corrected chi connectivity index (χ3v) is 2.32. The molecular weight excluding hydrogens is 298 g/mol. The van der Waals surface area contributed by atoms with Crippen LogP contribution in [0.3, 0.4) is 0 Å². The molecule has 0 fully saturated rings. The van der Waals surface area contributed by atoms with Crippen LogP contribution in [0.15, 0.2) is 10.7 Å². The minimum atomic E-state index is -4.34. The molecule has 0 aliphatic rings. The van der Waals surface area contributed by atoms with Gasteiger partial charge < -0.3 is 5.32 Å². The number of rotatable bonds is 2. The summed E-state index contributed by atoms with van der Waals surface area (Å²) in [6, 6.07) is -1.71. The highest BCUT2D eigenvalue weighted by Gasteiger charge is 2.36. The predicted octanol–water partition coefficient (Wildman–Crippen LogP) is 3.26. The van der Waals surface area contributed by atoms with Gasteiger partial charge in [-0.2, -0.15) is 18.2 Å². The smallest absolute Gasteiger partial charge is 0.358 e. The molecule has 0 bridgehead atoms. The zero-order valence-electron chi connectivity index (χ0n) is 7.44. The first-order chi connectivity index (χ1) is 6.80. The molecule has 1 rings (SSSR count). The van der Waals surface area contributed by atoms with Crippen LogP contribution in [0.4, 0.5) is 19.0 Å². The van der Waals surface area contributed by atoms with Crippen molar-refractivity contribution in [3.63, 3.8) is 0 Å². The van der Waals surface area contributed by atoms with E-state index < -0.39 is 12.2 Å². The van der Waals surface area contributed by atoms with E-state index in [1.807, 2.05) is 0 Å². The molecule has 8 heteroatoms. The number of halogens is 5. The first-order valence-corrected chi connectivity index (χ1v) is 4.99. The van der Waals surface area contributed by atoms with Crippen LogP contribution in [0.25, 0.3) is 0 Å². The Morgan fingerprint density at radius 3 is 2.67 bits per heavy atom. The molecule has 1 atom stereocenters. The largest absolute Gasteiger partial charge is 0.408 e. The van der Waals surface area contributed by atoms with Gasteiger partial charge in [-0.25, -0.2) is 4.98 Å². The summed E-state index contributed by atoms with van der Waals surface area (Å²) in [6.07, 6.45) is -3.06. The average Bonchev–Trinajstić information content (AvgIpc) is 2.09. The van der Waals surface area contributed by atoms with Crippen LogP contribution in [0, 0.1) is 0 Å². The Hall–Kier alpha value is -0.560. The maximum Gasteiger partial charge on any atom is 0.408 e. The first kappa shape index (κ1) is 12.5. The summed E-state index contributed by atoms with van der Waals surface area (Å²) in [7, 11) is 0. The average molecular weight is 304 g/mol. The topological polar surface area (TPSA) is 37.8 Å². The van der Waals surface area contributed by atoms with E-state index in [0.717, 1.165) is 6.92 Å². The van der Waals surface area contributed by atoms with E-state index in [-0.39, 0.29) is 11.1 Å². The van der Waals surface area contributed by atoms with Crippen molar-refractivity contribution in [2.24, 2.45) is 0 Å².